The zero-order valence-corrected chi connectivity index (χ0v) is 14.3. The molecule has 0 aliphatic rings. The molecule has 0 aromatic heterocycles. The summed E-state index contributed by atoms with van der Waals surface area (Å²) in [6.07, 6.45) is 1.79. The maximum Gasteiger partial charge on any atom is 0.237 e. The van der Waals surface area contributed by atoms with E-state index in [-0.39, 0.29) is 5.91 Å². The molecular weight excluding hydrogens is 250 g/mol. The normalized spacial score (nSPS) is 15.1. The van der Waals surface area contributed by atoms with E-state index in [1.807, 2.05) is 13.8 Å². The van der Waals surface area contributed by atoms with Crippen LogP contribution >= 0.6 is 0 Å². The number of amides is 1. The van der Waals surface area contributed by atoms with Gasteiger partial charge in [-0.05, 0) is 44.7 Å². The summed E-state index contributed by atoms with van der Waals surface area (Å²) in [6, 6.07) is 0. The predicted octanol–water partition coefficient (Wildman–Crippen LogP) is 2.23. The van der Waals surface area contributed by atoms with Gasteiger partial charge >= 0.3 is 0 Å². The lowest BCUT2D eigenvalue weighted by Crippen LogP contribution is -2.53. The van der Waals surface area contributed by atoms with Crippen molar-refractivity contribution in [2.24, 2.45) is 17.6 Å². The van der Waals surface area contributed by atoms with Crippen LogP contribution in [0.5, 0.6) is 0 Å². The van der Waals surface area contributed by atoms with Crippen molar-refractivity contribution in [3.63, 3.8) is 0 Å². The van der Waals surface area contributed by atoms with E-state index in [4.69, 9.17) is 5.73 Å². The Kier molecular flexibility index (Phi) is 9.06. The molecule has 0 saturated heterocycles. The first-order chi connectivity index (χ1) is 9.21. The molecule has 120 valence electrons. The molecule has 4 heteroatoms. The van der Waals surface area contributed by atoms with Gasteiger partial charge in [0.05, 0.1) is 5.54 Å². The van der Waals surface area contributed by atoms with Gasteiger partial charge in [0.25, 0.3) is 0 Å². The predicted molar refractivity (Wildman–Crippen MR) is 86.6 cm³/mol. The summed E-state index contributed by atoms with van der Waals surface area (Å²) >= 11 is 0. The Labute approximate surface area is 125 Å². The van der Waals surface area contributed by atoms with Gasteiger partial charge in [-0.15, -0.1) is 0 Å². The topological polar surface area (TPSA) is 58.4 Å². The SMILES string of the molecule is CCNC(C)(CCCN(CC(C)C)CC(C)C)C(N)=O. The fourth-order valence-corrected chi connectivity index (χ4v) is 2.63. The van der Waals surface area contributed by atoms with Crippen molar-refractivity contribution >= 4 is 5.91 Å². The van der Waals surface area contributed by atoms with Crippen molar-refractivity contribution in [1.29, 1.82) is 0 Å². The van der Waals surface area contributed by atoms with E-state index in [0.29, 0.717) is 11.8 Å². The van der Waals surface area contributed by atoms with Gasteiger partial charge in [-0.2, -0.15) is 0 Å². The highest BCUT2D eigenvalue weighted by molar-refractivity contribution is 5.84. The number of nitrogens with two attached hydrogens (primary N) is 1. The van der Waals surface area contributed by atoms with Gasteiger partial charge in [0, 0.05) is 13.1 Å². The van der Waals surface area contributed by atoms with Crippen LogP contribution in [-0.2, 0) is 4.79 Å². The molecule has 0 aromatic rings. The number of hydrogen-bond donors (Lipinski definition) is 2. The van der Waals surface area contributed by atoms with E-state index < -0.39 is 5.54 Å². The van der Waals surface area contributed by atoms with Crippen molar-refractivity contribution < 1.29 is 4.79 Å². The summed E-state index contributed by atoms with van der Waals surface area (Å²) in [5.74, 6) is 1.09. The highest BCUT2D eigenvalue weighted by Crippen LogP contribution is 2.13. The smallest absolute Gasteiger partial charge is 0.237 e. The van der Waals surface area contributed by atoms with E-state index in [1.165, 1.54) is 0 Å². The van der Waals surface area contributed by atoms with Crippen LogP contribution in [0.3, 0.4) is 0 Å². The maximum atomic E-state index is 11.6. The molecule has 20 heavy (non-hydrogen) atoms. The van der Waals surface area contributed by atoms with Crippen LogP contribution in [0.1, 0.15) is 54.4 Å². The van der Waals surface area contributed by atoms with E-state index in [2.05, 4.69) is 37.9 Å². The van der Waals surface area contributed by atoms with Gasteiger partial charge in [0.1, 0.15) is 0 Å². The molecule has 0 aliphatic heterocycles. The molecular formula is C16H35N3O. The number of nitrogens with one attached hydrogen (secondary N) is 1. The summed E-state index contributed by atoms with van der Waals surface area (Å²) in [7, 11) is 0. The van der Waals surface area contributed by atoms with Crippen LogP contribution in [0, 0.1) is 11.8 Å². The zero-order chi connectivity index (χ0) is 15.8. The second-order valence-electron chi connectivity index (χ2n) is 6.88. The lowest BCUT2D eigenvalue weighted by Gasteiger charge is -2.30. The van der Waals surface area contributed by atoms with Crippen molar-refractivity contribution in [1.82, 2.24) is 10.2 Å². The van der Waals surface area contributed by atoms with Crippen molar-refractivity contribution in [2.75, 3.05) is 26.2 Å². The van der Waals surface area contributed by atoms with Crippen LogP contribution in [-0.4, -0.2) is 42.5 Å². The van der Waals surface area contributed by atoms with Crippen molar-refractivity contribution in [3.8, 4) is 0 Å². The minimum absolute atomic E-state index is 0.251. The standard InChI is InChI=1S/C16H35N3O/c1-7-18-16(6,15(17)20)9-8-10-19(11-13(2)3)12-14(4)5/h13-14,18H,7-12H2,1-6H3,(H2,17,20). The van der Waals surface area contributed by atoms with Gasteiger partial charge < -0.3 is 16.0 Å². The quantitative estimate of drug-likeness (QED) is 0.612. The number of nitrogens with zero attached hydrogens (tertiary/aromatic N) is 1. The minimum atomic E-state index is -0.573. The average molecular weight is 285 g/mol. The number of carbonyl (C=O) groups is 1. The van der Waals surface area contributed by atoms with Crippen LogP contribution in [0.4, 0.5) is 0 Å². The van der Waals surface area contributed by atoms with Gasteiger partial charge in [0.2, 0.25) is 5.91 Å². The molecule has 0 fully saturated rings. The molecule has 4 nitrogen and oxygen atoms in total. The molecule has 1 unspecified atom stereocenters. The van der Waals surface area contributed by atoms with Crippen molar-refractivity contribution in [2.45, 2.75) is 59.9 Å². The molecule has 0 aliphatic carbocycles. The fourth-order valence-electron chi connectivity index (χ4n) is 2.63. The summed E-state index contributed by atoms with van der Waals surface area (Å²) in [5, 5.41) is 3.22. The zero-order valence-electron chi connectivity index (χ0n) is 14.3. The Morgan fingerprint density at radius 1 is 1.20 bits per heavy atom. The monoisotopic (exact) mass is 285 g/mol. The molecule has 0 aromatic carbocycles. The largest absolute Gasteiger partial charge is 0.368 e. The maximum absolute atomic E-state index is 11.6. The highest BCUT2D eigenvalue weighted by atomic mass is 16.1. The first-order valence-corrected chi connectivity index (χ1v) is 7.98. The minimum Gasteiger partial charge on any atom is -0.368 e. The Hall–Kier alpha value is -0.610. The number of primary amides is 1. The number of likely N-dealkylation sites (N-methyl/N-ethyl adjacent to an activating group) is 1. The molecule has 0 heterocycles. The molecule has 0 bridgehead atoms. The van der Waals surface area contributed by atoms with E-state index >= 15 is 0 Å². The highest BCUT2D eigenvalue weighted by Gasteiger charge is 2.29. The van der Waals surface area contributed by atoms with Gasteiger partial charge in [-0.1, -0.05) is 34.6 Å². The molecule has 3 N–H and O–H groups in total. The third-order valence-electron chi connectivity index (χ3n) is 3.51. The van der Waals surface area contributed by atoms with Gasteiger partial charge in [0.15, 0.2) is 0 Å². The van der Waals surface area contributed by atoms with Crippen LogP contribution in [0.25, 0.3) is 0 Å². The van der Waals surface area contributed by atoms with Crippen LogP contribution < -0.4 is 11.1 Å². The second kappa shape index (κ2) is 9.35. The number of rotatable bonds is 11. The molecule has 0 spiro atoms. The van der Waals surface area contributed by atoms with Crippen molar-refractivity contribution in [3.05, 3.63) is 0 Å². The lowest BCUT2D eigenvalue weighted by molar-refractivity contribution is -0.124. The van der Waals surface area contributed by atoms with E-state index in [1.54, 1.807) is 0 Å². The molecule has 0 saturated carbocycles. The first kappa shape index (κ1) is 19.4. The fraction of sp³-hybridized carbons (Fsp3) is 0.938. The summed E-state index contributed by atoms with van der Waals surface area (Å²) in [4.78, 5) is 14.1. The average Bonchev–Trinajstić information content (AvgIpc) is 2.27. The summed E-state index contributed by atoms with van der Waals surface area (Å²) in [6.45, 7) is 16.9. The summed E-state index contributed by atoms with van der Waals surface area (Å²) in [5.41, 5.74) is 4.95. The summed E-state index contributed by atoms with van der Waals surface area (Å²) < 4.78 is 0. The van der Waals surface area contributed by atoms with Gasteiger partial charge in [-0.25, -0.2) is 0 Å². The lowest BCUT2D eigenvalue weighted by atomic mass is 9.94. The van der Waals surface area contributed by atoms with Gasteiger partial charge in [-0.3, -0.25) is 4.79 Å². The van der Waals surface area contributed by atoms with Crippen LogP contribution in [0.2, 0.25) is 0 Å². The third kappa shape index (κ3) is 7.85. The van der Waals surface area contributed by atoms with E-state index in [9.17, 15) is 4.79 Å². The molecule has 1 amide bonds. The molecule has 0 radical (unpaired) electrons. The number of hydrogen-bond acceptors (Lipinski definition) is 3. The van der Waals surface area contributed by atoms with Crippen LogP contribution in [0.15, 0.2) is 0 Å². The molecule has 1 atom stereocenters. The Morgan fingerprint density at radius 2 is 1.70 bits per heavy atom. The Balaban J connectivity index is 4.35. The third-order valence-corrected chi connectivity index (χ3v) is 3.51. The Morgan fingerprint density at radius 3 is 2.05 bits per heavy atom. The Bertz CT molecular complexity index is 269. The number of carbonyl (C=O) groups excluding carboxylic acids is 1. The van der Waals surface area contributed by atoms with E-state index in [0.717, 1.165) is 39.0 Å². The second-order valence-corrected chi connectivity index (χ2v) is 6.88. The molecule has 0 rings (SSSR count). The first-order valence-electron chi connectivity index (χ1n) is 7.98.